The number of halogens is 2. The third kappa shape index (κ3) is 6.66. The number of anilines is 1. The molecule has 2 fully saturated rings. The SMILES string of the molecule is CC(=O)c1nn(CC(=O)N(CC(=O)NCc2cccc(Cl)c2F)C2CC2)c2ccc(NC(=O)N3CCOCC3)cc12. The lowest BCUT2D eigenvalue weighted by Crippen LogP contribution is -2.43. The summed E-state index contributed by atoms with van der Waals surface area (Å²) in [7, 11) is 0. The Labute approximate surface area is 240 Å². The Bertz CT molecular complexity index is 1500. The van der Waals surface area contributed by atoms with Gasteiger partial charge in [-0.15, -0.1) is 0 Å². The van der Waals surface area contributed by atoms with Gasteiger partial charge in [-0.1, -0.05) is 23.7 Å². The smallest absolute Gasteiger partial charge is 0.321 e. The second-order valence-corrected chi connectivity index (χ2v) is 10.5. The molecule has 4 amide bonds. The van der Waals surface area contributed by atoms with Crippen molar-refractivity contribution in [1.82, 2.24) is 24.9 Å². The van der Waals surface area contributed by atoms with Crippen LogP contribution >= 0.6 is 11.6 Å². The first kappa shape index (κ1) is 28.5. The average molecular weight is 585 g/mol. The van der Waals surface area contributed by atoms with Crippen LogP contribution in [0.5, 0.6) is 0 Å². The lowest BCUT2D eigenvalue weighted by molar-refractivity contribution is -0.137. The third-order valence-electron chi connectivity index (χ3n) is 7.05. The number of carbonyl (C=O) groups excluding carboxylic acids is 4. The van der Waals surface area contributed by atoms with Gasteiger partial charge in [-0.05, 0) is 37.1 Å². The van der Waals surface area contributed by atoms with Gasteiger partial charge in [0, 0.05) is 49.2 Å². The Hall–Kier alpha value is -4.03. The topological polar surface area (TPSA) is 126 Å². The molecule has 1 aromatic heterocycles. The Morgan fingerprint density at radius 1 is 1.15 bits per heavy atom. The zero-order valence-corrected chi connectivity index (χ0v) is 23.2. The summed E-state index contributed by atoms with van der Waals surface area (Å²) in [5.74, 6) is -1.65. The number of aromatic nitrogens is 2. The summed E-state index contributed by atoms with van der Waals surface area (Å²) < 4.78 is 20.9. The molecule has 1 saturated heterocycles. The number of morpholine rings is 1. The Balaban J connectivity index is 1.28. The van der Waals surface area contributed by atoms with Crippen LogP contribution in [0.1, 0.15) is 35.8 Å². The number of fused-ring (bicyclic) bond motifs is 1. The molecule has 41 heavy (non-hydrogen) atoms. The molecule has 0 radical (unpaired) electrons. The molecule has 11 nitrogen and oxygen atoms in total. The molecular weight excluding hydrogens is 555 g/mol. The van der Waals surface area contributed by atoms with Gasteiger partial charge in [0.25, 0.3) is 0 Å². The van der Waals surface area contributed by atoms with E-state index in [1.54, 1.807) is 29.2 Å². The van der Waals surface area contributed by atoms with Crippen LogP contribution < -0.4 is 10.6 Å². The van der Waals surface area contributed by atoms with Crippen molar-refractivity contribution in [2.75, 3.05) is 38.2 Å². The Morgan fingerprint density at radius 2 is 1.90 bits per heavy atom. The highest BCUT2D eigenvalue weighted by Gasteiger charge is 2.34. The minimum atomic E-state index is -0.597. The number of hydrogen-bond donors (Lipinski definition) is 2. The molecule has 5 rings (SSSR count). The lowest BCUT2D eigenvalue weighted by atomic mass is 10.1. The first-order valence-corrected chi connectivity index (χ1v) is 13.7. The highest BCUT2D eigenvalue weighted by atomic mass is 35.5. The highest BCUT2D eigenvalue weighted by molar-refractivity contribution is 6.30. The number of carbonyl (C=O) groups is 4. The minimum absolute atomic E-state index is 0.0329. The molecule has 2 heterocycles. The van der Waals surface area contributed by atoms with Gasteiger partial charge in [0.2, 0.25) is 11.8 Å². The lowest BCUT2D eigenvalue weighted by Gasteiger charge is -2.26. The van der Waals surface area contributed by atoms with Crippen molar-refractivity contribution in [3.8, 4) is 0 Å². The van der Waals surface area contributed by atoms with Crippen LogP contribution in [-0.4, -0.2) is 82.1 Å². The van der Waals surface area contributed by atoms with E-state index in [4.69, 9.17) is 16.3 Å². The largest absolute Gasteiger partial charge is 0.378 e. The maximum Gasteiger partial charge on any atom is 0.321 e. The summed E-state index contributed by atoms with van der Waals surface area (Å²) in [6.07, 6.45) is 1.54. The summed E-state index contributed by atoms with van der Waals surface area (Å²) in [5.41, 5.74) is 1.46. The summed E-state index contributed by atoms with van der Waals surface area (Å²) in [6, 6.07) is 9.26. The molecule has 0 atom stereocenters. The number of ketones is 1. The first-order chi connectivity index (χ1) is 19.7. The fraction of sp³-hybridized carbons (Fsp3) is 0.393. The second-order valence-electron chi connectivity index (χ2n) is 10.1. The van der Waals surface area contributed by atoms with Crippen molar-refractivity contribution in [3.05, 3.63) is 58.5 Å². The standard InChI is InChI=1S/C28H30ClFN6O5/c1-17(37)27-21-13-19(32-28(40)34-9-11-41-12-10-34)5-8-23(21)36(33-27)16-25(39)35(20-6-7-20)15-24(38)31-14-18-3-2-4-22(29)26(18)30/h2-5,8,13,20H,6-7,9-12,14-16H2,1H3,(H,31,38)(H,32,40). The summed E-state index contributed by atoms with van der Waals surface area (Å²) in [4.78, 5) is 54.2. The van der Waals surface area contributed by atoms with Gasteiger partial charge < -0.3 is 25.2 Å². The van der Waals surface area contributed by atoms with Crippen molar-refractivity contribution < 1.29 is 28.3 Å². The molecule has 2 N–H and O–H groups in total. The van der Waals surface area contributed by atoms with E-state index in [0.717, 1.165) is 12.8 Å². The van der Waals surface area contributed by atoms with Crippen LogP contribution in [-0.2, 0) is 27.4 Å². The quantitative estimate of drug-likeness (QED) is 0.372. The van der Waals surface area contributed by atoms with Crippen LogP contribution in [0.15, 0.2) is 36.4 Å². The van der Waals surface area contributed by atoms with Gasteiger partial charge >= 0.3 is 6.03 Å². The fourth-order valence-electron chi connectivity index (χ4n) is 4.72. The van der Waals surface area contributed by atoms with Crippen LogP contribution in [0.2, 0.25) is 5.02 Å². The summed E-state index contributed by atoms with van der Waals surface area (Å²) >= 11 is 5.81. The Morgan fingerprint density at radius 3 is 2.61 bits per heavy atom. The van der Waals surface area contributed by atoms with E-state index in [-0.39, 0.29) is 59.7 Å². The zero-order chi connectivity index (χ0) is 29.1. The third-order valence-corrected chi connectivity index (χ3v) is 7.34. The van der Waals surface area contributed by atoms with E-state index in [1.165, 1.54) is 28.6 Å². The molecule has 0 bridgehead atoms. The number of rotatable bonds is 9. The summed E-state index contributed by atoms with van der Waals surface area (Å²) in [5, 5.41) is 10.4. The van der Waals surface area contributed by atoms with Gasteiger partial charge in [0.05, 0.1) is 30.3 Å². The predicted molar refractivity (Wildman–Crippen MR) is 149 cm³/mol. The molecule has 1 aliphatic heterocycles. The van der Waals surface area contributed by atoms with E-state index >= 15 is 0 Å². The normalized spacial score (nSPS) is 15.0. The fourth-order valence-corrected chi connectivity index (χ4v) is 4.92. The molecule has 0 unspecified atom stereocenters. The van der Waals surface area contributed by atoms with Crippen molar-refractivity contribution in [2.45, 2.75) is 38.9 Å². The highest BCUT2D eigenvalue weighted by Crippen LogP contribution is 2.28. The second kappa shape index (κ2) is 12.2. The monoisotopic (exact) mass is 584 g/mol. The summed E-state index contributed by atoms with van der Waals surface area (Å²) in [6.45, 7) is 2.87. The molecule has 2 aliphatic rings. The van der Waals surface area contributed by atoms with E-state index < -0.39 is 11.7 Å². The molecule has 3 aromatic rings. The van der Waals surface area contributed by atoms with Crippen molar-refractivity contribution in [3.63, 3.8) is 0 Å². The number of benzene rings is 2. The van der Waals surface area contributed by atoms with Gasteiger partial charge in [-0.25, -0.2) is 9.18 Å². The number of ether oxygens (including phenoxy) is 1. The van der Waals surface area contributed by atoms with E-state index in [0.29, 0.717) is 42.9 Å². The molecular formula is C28H30ClFN6O5. The number of nitrogens with zero attached hydrogens (tertiary/aromatic N) is 4. The Kier molecular flexibility index (Phi) is 8.50. The van der Waals surface area contributed by atoms with Crippen LogP contribution in [0.25, 0.3) is 10.9 Å². The van der Waals surface area contributed by atoms with Crippen LogP contribution in [0.3, 0.4) is 0 Å². The number of amides is 4. The molecule has 216 valence electrons. The van der Waals surface area contributed by atoms with Crippen LogP contribution in [0.4, 0.5) is 14.9 Å². The van der Waals surface area contributed by atoms with Crippen molar-refractivity contribution >= 4 is 51.8 Å². The average Bonchev–Trinajstić information content (AvgIpc) is 3.74. The van der Waals surface area contributed by atoms with Gasteiger partial charge in [-0.3, -0.25) is 19.1 Å². The number of Topliss-reactive ketones (excluding diaryl/α,β-unsaturated/α-hetero) is 1. The molecule has 2 aromatic carbocycles. The maximum atomic E-state index is 14.2. The predicted octanol–water partition coefficient (Wildman–Crippen LogP) is 3.20. The number of hydrogen-bond acceptors (Lipinski definition) is 6. The molecule has 1 aliphatic carbocycles. The van der Waals surface area contributed by atoms with Crippen LogP contribution in [0, 0.1) is 5.82 Å². The van der Waals surface area contributed by atoms with Gasteiger partial charge in [0.1, 0.15) is 18.1 Å². The zero-order valence-electron chi connectivity index (χ0n) is 22.5. The molecule has 0 spiro atoms. The van der Waals surface area contributed by atoms with Gasteiger partial charge in [0.15, 0.2) is 5.78 Å². The minimum Gasteiger partial charge on any atom is -0.378 e. The van der Waals surface area contributed by atoms with Crippen molar-refractivity contribution in [2.24, 2.45) is 0 Å². The van der Waals surface area contributed by atoms with Crippen molar-refractivity contribution in [1.29, 1.82) is 0 Å². The van der Waals surface area contributed by atoms with Gasteiger partial charge in [-0.2, -0.15) is 5.10 Å². The van der Waals surface area contributed by atoms with E-state index in [9.17, 15) is 23.6 Å². The molecule has 1 saturated carbocycles. The maximum absolute atomic E-state index is 14.2. The van der Waals surface area contributed by atoms with E-state index in [1.807, 2.05) is 0 Å². The number of urea groups is 1. The van der Waals surface area contributed by atoms with E-state index in [2.05, 4.69) is 15.7 Å². The first-order valence-electron chi connectivity index (χ1n) is 13.4. The number of nitrogens with one attached hydrogen (secondary N) is 2. The molecule has 13 heteroatoms.